The Hall–Kier alpha value is -4.19. The fraction of sp³-hybridized carbons (Fsp3) is 0.0800. The molecule has 0 fully saturated rings. The summed E-state index contributed by atoms with van der Waals surface area (Å²) < 4.78 is 5.23. The minimum Gasteiger partial charge on any atom is -0.497 e. The lowest BCUT2D eigenvalue weighted by Crippen LogP contribution is -2.32. The summed E-state index contributed by atoms with van der Waals surface area (Å²) in [5.41, 5.74) is 3.73. The van der Waals surface area contributed by atoms with Crippen molar-refractivity contribution in [3.8, 4) is 5.75 Å². The van der Waals surface area contributed by atoms with Crippen LogP contribution < -0.4 is 9.64 Å². The van der Waals surface area contributed by atoms with Gasteiger partial charge in [-0.05, 0) is 67.1 Å². The number of aliphatic imine (C=N–C) groups is 1. The van der Waals surface area contributed by atoms with Crippen molar-refractivity contribution in [1.29, 1.82) is 0 Å². The van der Waals surface area contributed by atoms with E-state index in [-0.39, 0.29) is 17.2 Å². The number of aryl methyl sites for hydroxylation is 1. The maximum atomic E-state index is 13.3. The molecule has 1 aliphatic heterocycles. The van der Waals surface area contributed by atoms with Gasteiger partial charge >= 0.3 is 5.97 Å². The first-order valence-electron chi connectivity index (χ1n) is 9.65. The highest BCUT2D eigenvalue weighted by molar-refractivity contribution is 6.33. The van der Waals surface area contributed by atoms with Crippen LogP contribution >= 0.6 is 0 Å². The van der Waals surface area contributed by atoms with Gasteiger partial charge in [0.05, 0.1) is 18.4 Å². The fourth-order valence-electron chi connectivity index (χ4n) is 3.26. The lowest BCUT2D eigenvalue weighted by atomic mass is 10.1. The van der Waals surface area contributed by atoms with E-state index in [4.69, 9.17) is 9.84 Å². The third-order valence-corrected chi connectivity index (χ3v) is 4.96. The molecule has 6 heteroatoms. The number of benzene rings is 3. The van der Waals surface area contributed by atoms with E-state index in [1.54, 1.807) is 30.2 Å². The van der Waals surface area contributed by atoms with Crippen LogP contribution in [0.5, 0.6) is 5.75 Å². The lowest BCUT2D eigenvalue weighted by Gasteiger charge is -2.19. The number of carbonyl (C=O) groups excluding carboxylic acids is 1. The van der Waals surface area contributed by atoms with Gasteiger partial charge in [0, 0.05) is 5.56 Å². The molecule has 154 valence electrons. The van der Waals surface area contributed by atoms with Gasteiger partial charge < -0.3 is 9.84 Å². The summed E-state index contributed by atoms with van der Waals surface area (Å²) in [5, 5.41) is 9.07. The van der Waals surface area contributed by atoms with Gasteiger partial charge in [-0.2, -0.15) is 0 Å². The van der Waals surface area contributed by atoms with E-state index >= 15 is 0 Å². The number of hydrogen-bond acceptors (Lipinski definition) is 4. The van der Waals surface area contributed by atoms with Crippen LogP contribution in [0.3, 0.4) is 0 Å². The Morgan fingerprint density at radius 2 is 1.61 bits per heavy atom. The molecule has 0 atom stereocenters. The average molecular weight is 412 g/mol. The zero-order valence-electron chi connectivity index (χ0n) is 17.1. The van der Waals surface area contributed by atoms with Gasteiger partial charge in [-0.15, -0.1) is 0 Å². The second kappa shape index (κ2) is 8.28. The van der Waals surface area contributed by atoms with Crippen molar-refractivity contribution in [3.05, 3.63) is 101 Å². The summed E-state index contributed by atoms with van der Waals surface area (Å²) in [6, 6.07) is 21.3. The molecule has 0 radical (unpaired) electrons. The van der Waals surface area contributed by atoms with Crippen LogP contribution in [0.4, 0.5) is 5.69 Å². The van der Waals surface area contributed by atoms with E-state index < -0.39 is 5.97 Å². The number of carboxylic acids is 1. The Bertz CT molecular complexity index is 1190. The Morgan fingerprint density at radius 1 is 0.968 bits per heavy atom. The minimum absolute atomic E-state index is 0.184. The van der Waals surface area contributed by atoms with Crippen LogP contribution in [0.25, 0.3) is 6.08 Å². The molecule has 1 aliphatic rings. The average Bonchev–Trinajstić information content (AvgIpc) is 3.10. The zero-order chi connectivity index (χ0) is 22.0. The van der Waals surface area contributed by atoms with Crippen molar-refractivity contribution in [1.82, 2.24) is 0 Å². The highest BCUT2D eigenvalue weighted by Crippen LogP contribution is 2.29. The van der Waals surface area contributed by atoms with Crippen LogP contribution in [-0.2, 0) is 4.79 Å². The molecule has 3 aromatic carbocycles. The van der Waals surface area contributed by atoms with Crippen molar-refractivity contribution in [2.45, 2.75) is 6.92 Å². The largest absolute Gasteiger partial charge is 0.497 e. The Labute approximate surface area is 179 Å². The quantitative estimate of drug-likeness (QED) is 0.624. The fourth-order valence-corrected chi connectivity index (χ4v) is 3.26. The van der Waals surface area contributed by atoms with Gasteiger partial charge in [0.1, 0.15) is 17.3 Å². The highest BCUT2D eigenvalue weighted by Gasteiger charge is 2.32. The molecular formula is C25H20N2O4. The number of rotatable bonds is 5. The number of anilines is 1. The second-order valence-corrected chi connectivity index (χ2v) is 7.10. The molecule has 0 saturated heterocycles. The van der Waals surface area contributed by atoms with Gasteiger partial charge in [-0.3, -0.25) is 9.69 Å². The number of nitrogens with zero attached hydrogens (tertiary/aromatic N) is 2. The summed E-state index contributed by atoms with van der Waals surface area (Å²) in [5.74, 6) is -0.0201. The third-order valence-electron chi connectivity index (χ3n) is 4.96. The molecule has 1 amide bonds. The summed E-state index contributed by atoms with van der Waals surface area (Å²) >= 11 is 0. The Balaban J connectivity index is 1.77. The molecule has 0 spiro atoms. The summed E-state index contributed by atoms with van der Waals surface area (Å²) in [6.07, 6.45) is 1.66. The molecule has 3 aromatic rings. The zero-order valence-corrected chi connectivity index (χ0v) is 17.1. The normalized spacial score (nSPS) is 14.6. The van der Waals surface area contributed by atoms with Gasteiger partial charge in [0.15, 0.2) is 0 Å². The predicted molar refractivity (Wildman–Crippen MR) is 120 cm³/mol. The molecule has 6 nitrogen and oxygen atoms in total. The summed E-state index contributed by atoms with van der Waals surface area (Å²) in [6.45, 7) is 1.99. The standard InChI is InChI=1S/C25H20N2O4/c1-16-3-11-20(12-4-16)27-23(18-9-13-21(31-2)14-10-18)26-22(24(27)28)15-17-5-7-19(8-6-17)25(29)30/h3-15H,1-2H3,(H,29,30)/b22-15+. The smallest absolute Gasteiger partial charge is 0.335 e. The molecule has 0 saturated carbocycles. The van der Waals surface area contributed by atoms with E-state index in [1.807, 2.05) is 55.5 Å². The number of aromatic carboxylic acids is 1. The molecule has 0 unspecified atom stereocenters. The van der Waals surface area contributed by atoms with Crippen molar-refractivity contribution >= 4 is 29.5 Å². The molecule has 0 aromatic heterocycles. The van der Waals surface area contributed by atoms with Crippen LogP contribution in [-0.4, -0.2) is 29.9 Å². The number of carbonyl (C=O) groups is 2. The SMILES string of the molecule is COc1ccc(C2=N/C(=C/c3ccc(C(=O)O)cc3)C(=O)N2c2ccc(C)cc2)cc1. The summed E-state index contributed by atoms with van der Waals surface area (Å²) in [4.78, 5) is 30.6. The van der Waals surface area contributed by atoms with E-state index in [1.165, 1.54) is 12.1 Å². The number of methoxy groups -OCH3 is 1. The number of ether oxygens (including phenoxy) is 1. The summed E-state index contributed by atoms with van der Waals surface area (Å²) in [7, 11) is 1.60. The molecule has 0 aliphatic carbocycles. The molecular weight excluding hydrogens is 392 g/mol. The van der Waals surface area contributed by atoms with Crippen molar-refractivity contribution < 1.29 is 19.4 Å². The number of amidine groups is 1. The number of hydrogen-bond donors (Lipinski definition) is 1. The molecule has 1 N–H and O–H groups in total. The number of amides is 1. The first kappa shape index (κ1) is 20.1. The van der Waals surface area contributed by atoms with Crippen molar-refractivity contribution in [3.63, 3.8) is 0 Å². The Kier molecular flexibility index (Phi) is 5.37. The lowest BCUT2D eigenvalue weighted by molar-refractivity contribution is -0.113. The minimum atomic E-state index is -0.999. The second-order valence-electron chi connectivity index (χ2n) is 7.10. The van der Waals surface area contributed by atoms with E-state index in [9.17, 15) is 9.59 Å². The molecule has 1 heterocycles. The predicted octanol–water partition coefficient (Wildman–Crippen LogP) is 4.54. The van der Waals surface area contributed by atoms with Crippen LogP contribution in [0.15, 0.2) is 83.5 Å². The third kappa shape index (κ3) is 4.09. The van der Waals surface area contributed by atoms with Crippen molar-refractivity contribution in [2.75, 3.05) is 12.0 Å². The van der Waals surface area contributed by atoms with Crippen LogP contribution in [0.1, 0.15) is 27.0 Å². The van der Waals surface area contributed by atoms with Gasteiger partial charge in [-0.25, -0.2) is 9.79 Å². The monoisotopic (exact) mass is 412 g/mol. The topological polar surface area (TPSA) is 79.2 Å². The van der Waals surface area contributed by atoms with Gasteiger partial charge in [0.2, 0.25) is 0 Å². The Morgan fingerprint density at radius 3 is 2.19 bits per heavy atom. The first-order valence-corrected chi connectivity index (χ1v) is 9.65. The van der Waals surface area contributed by atoms with Crippen LogP contribution in [0, 0.1) is 6.92 Å². The molecule has 0 bridgehead atoms. The van der Waals surface area contributed by atoms with E-state index in [0.717, 1.165) is 16.8 Å². The first-order chi connectivity index (χ1) is 15.0. The maximum absolute atomic E-state index is 13.3. The molecule has 4 rings (SSSR count). The molecule has 31 heavy (non-hydrogen) atoms. The van der Waals surface area contributed by atoms with E-state index in [0.29, 0.717) is 17.1 Å². The number of carboxylic acid groups (broad SMARTS) is 1. The van der Waals surface area contributed by atoms with Crippen LogP contribution in [0.2, 0.25) is 0 Å². The maximum Gasteiger partial charge on any atom is 0.335 e. The van der Waals surface area contributed by atoms with Crippen molar-refractivity contribution in [2.24, 2.45) is 4.99 Å². The van der Waals surface area contributed by atoms with E-state index in [2.05, 4.69) is 4.99 Å². The van der Waals surface area contributed by atoms with Gasteiger partial charge in [-0.1, -0.05) is 29.8 Å². The van der Waals surface area contributed by atoms with Gasteiger partial charge in [0.25, 0.3) is 5.91 Å². The highest BCUT2D eigenvalue weighted by atomic mass is 16.5.